The second-order valence-corrected chi connectivity index (χ2v) is 15.0. The number of halogens is 1. The van der Waals surface area contributed by atoms with Crippen molar-refractivity contribution in [3.8, 4) is 5.75 Å². The summed E-state index contributed by atoms with van der Waals surface area (Å²) in [6.07, 6.45) is 7.74. The maximum absolute atomic E-state index is 13.5. The number of aliphatic hydroxyl groups is 1. The van der Waals surface area contributed by atoms with Crippen LogP contribution in [0.15, 0.2) is 48.6 Å². The van der Waals surface area contributed by atoms with Gasteiger partial charge in [-0.05, 0) is 98.2 Å². The van der Waals surface area contributed by atoms with Gasteiger partial charge in [0.2, 0.25) is 10.0 Å². The number of sulfonamides is 1. The average molecular weight is 629 g/mol. The molecule has 0 unspecified atom stereocenters. The molecule has 1 fully saturated rings. The molecule has 6 rings (SSSR count). The minimum atomic E-state index is -4.06. The summed E-state index contributed by atoms with van der Waals surface area (Å²) in [5, 5.41) is 11.0. The van der Waals surface area contributed by atoms with Crippen LogP contribution in [0.3, 0.4) is 0 Å². The normalized spacial score (nSPS) is 32.8. The second-order valence-electron chi connectivity index (χ2n) is 12.6. The minimum absolute atomic E-state index is 0.0864. The van der Waals surface area contributed by atoms with Crippen LogP contribution in [0.25, 0.3) is 0 Å². The summed E-state index contributed by atoms with van der Waals surface area (Å²) in [5.41, 5.74) is 3.25. The Kier molecular flexibility index (Phi) is 8.54. The van der Waals surface area contributed by atoms with Crippen LogP contribution in [-0.4, -0.2) is 63.7 Å². The highest BCUT2D eigenvalue weighted by atomic mass is 35.5. The first-order chi connectivity index (χ1) is 20.6. The van der Waals surface area contributed by atoms with Crippen molar-refractivity contribution in [2.45, 2.75) is 74.7 Å². The lowest BCUT2D eigenvalue weighted by molar-refractivity contribution is 0.0451. The Labute approximate surface area is 259 Å². The van der Waals surface area contributed by atoms with Crippen molar-refractivity contribution in [3.05, 3.63) is 70.3 Å². The van der Waals surface area contributed by atoms with Gasteiger partial charge in [-0.3, -0.25) is 4.79 Å². The number of benzene rings is 2. The van der Waals surface area contributed by atoms with Gasteiger partial charge in [-0.2, -0.15) is 0 Å². The fraction of sp³-hybridized carbons (Fsp3) is 0.545. The first-order valence-electron chi connectivity index (χ1n) is 15.4. The van der Waals surface area contributed by atoms with E-state index in [4.69, 9.17) is 21.1 Å². The Morgan fingerprint density at radius 2 is 2.05 bits per heavy atom. The van der Waals surface area contributed by atoms with Crippen molar-refractivity contribution in [1.82, 2.24) is 4.72 Å². The molecule has 10 heteroatoms. The molecule has 232 valence electrons. The van der Waals surface area contributed by atoms with Crippen molar-refractivity contribution >= 4 is 33.2 Å². The maximum Gasteiger partial charge on any atom is 0.264 e. The van der Waals surface area contributed by atoms with E-state index in [0.717, 1.165) is 42.8 Å². The molecule has 0 radical (unpaired) electrons. The summed E-state index contributed by atoms with van der Waals surface area (Å²) in [6.45, 7) is 3.63. The fourth-order valence-corrected chi connectivity index (χ4v) is 9.43. The van der Waals surface area contributed by atoms with Gasteiger partial charge >= 0.3 is 0 Å². The first kappa shape index (κ1) is 30.4. The van der Waals surface area contributed by atoms with Gasteiger partial charge < -0.3 is 19.5 Å². The van der Waals surface area contributed by atoms with Crippen LogP contribution < -0.4 is 14.4 Å². The predicted octanol–water partition coefficient (Wildman–Crippen LogP) is 5.01. The highest BCUT2D eigenvalue weighted by Gasteiger charge is 2.44. The van der Waals surface area contributed by atoms with E-state index in [2.05, 4.69) is 21.8 Å². The third-order valence-corrected chi connectivity index (χ3v) is 12.3. The van der Waals surface area contributed by atoms with Gasteiger partial charge in [-0.1, -0.05) is 36.7 Å². The third kappa shape index (κ3) is 5.81. The van der Waals surface area contributed by atoms with Gasteiger partial charge in [-0.25, -0.2) is 13.1 Å². The third-order valence-electron chi connectivity index (χ3n) is 10.1. The number of aryl methyl sites for hydroxylation is 1. The van der Waals surface area contributed by atoms with Crippen LogP contribution in [0.2, 0.25) is 5.02 Å². The van der Waals surface area contributed by atoms with Crippen molar-refractivity contribution in [3.63, 3.8) is 0 Å². The monoisotopic (exact) mass is 628 g/mol. The quantitative estimate of drug-likeness (QED) is 0.450. The van der Waals surface area contributed by atoms with E-state index in [1.54, 1.807) is 31.2 Å². The van der Waals surface area contributed by atoms with Gasteiger partial charge in [0.05, 0.1) is 24.5 Å². The summed E-state index contributed by atoms with van der Waals surface area (Å²) in [7, 11) is -2.59. The van der Waals surface area contributed by atoms with Crippen molar-refractivity contribution in [2.75, 3.05) is 31.7 Å². The zero-order chi connectivity index (χ0) is 30.4. The van der Waals surface area contributed by atoms with Crippen LogP contribution in [0.1, 0.15) is 66.9 Å². The Morgan fingerprint density at radius 1 is 1.21 bits per heavy atom. The fourth-order valence-electron chi connectivity index (χ4n) is 7.65. The Morgan fingerprint density at radius 3 is 2.79 bits per heavy atom. The molecule has 6 atom stereocenters. The molecule has 0 aromatic heterocycles. The van der Waals surface area contributed by atoms with E-state index in [9.17, 15) is 18.3 Å². The van der Waals surface area contributed by atoms with Crippen LogP contribution in [0.4, 0.5) is 5.69 Å². The Hall–Kier alpha value is -2.59. The summed E-state index contributed by atoms with van der Waals surface area (Å²) in [6, 6.07) is 11.3. The molecule has 1 spiro atoms. The lowest BCUT2D eigenvalue weighted by atomic mass is 9.68. The van der Waals surface area contributed by atoms with Crippen LogP contribution >= 0.6 is 11.6 Å². The molecule has 1 saturated carbocycles. The first-order valence-corrected chi connectivity index (χ1v) is 17.3. The molecule has 2 heterocycles. The number of nitrogens with one attached hydrogen (secondary N) is 1. The number of amides is 1. The molecule has 8 nitrogen and oxygen atoms in total. The molecule has 0 saturated heterocycles. The van der Waals surface area contributed by atoms with E-state index < -0.39 is 33.4 Å². The number of carbonyl (C=O) groups is 1. The standard InChI is InChI=1S/C33H41ClN2O6S/c1-3-31-30(41-2)8-4-7-28(37)25-12-9-23(25)18-36-19-33(15-5-6-21-16-24(34)11-13-26(21)33)20-42-29-14-10-22(17-27(29)36)32(38)35-43(31,39)40/h4,7,10-11,13-14,16-17,23,25,28,30-31,37H,3,5-6,8-9,12,15,18-20H2,1-2H3,(H,35,38)/b7-4+/t23-,25+,28-,30+,31-,33-/m0/s1. The average Bonchev–Trinajstić information content (AvgIpc) is 3.10. The number of carbonyl (C=O) groups excluding carboxylic acids is 1. The molecule has 1 amide bonds. The summed E-state index contributed by atoms with van der Waals surface area (Å²) in [4.78, 5) is 15.8. The molecule has 43 heavy (non-hydrogen) atoms. The lowest BCUT2D eigenvalue weighted by Gasteiger charge is -2.45. The molecular formula is C33H41ClN2O6S. The number of aliphatic hydroxyl groups excluding tert-OH is 1. The molecular weight excluding hydrogens is 588 g/mol. The number of hydrogen-bond acceptors (Lipinski definition) is 7. The van der Waals surface area contributed by atoms with Crippen molar-refractivity contribution in [1.29, 1.82) is 0 Å². The van der Waals surface area contributed by atoms with Gasteiger partial charge in [0.15, 0.2) is 0 Å². The zero-order valence-corrected chi connectivity index (χ0v) is 26.4. The molecule has 4 aliphatic rings. The Bertz CT molecular complexity index is 1510. The van der Waals surface area contributed by atoms with Crippen LogP contribution in [0, 0.1) is 11.8 Å². The van der Waals surface area contributed by atoms with Crippen LogP contribution in [0.5, 0.6) is 5.75 Å². The predicted molar refractivity (Wildman–Crippen MR) is 167 cm³/mol. The van der Waals surface area contributed by atoms with Gasteiger partial charge in [0.1, 0.15) is 11.0 Å². The largest absolute Gasteiger partial charge is 0.490 e. The summed E-state index contributed by atoms with van der Waals surface area (Å²) >= 11 is 6.39. The summed E-state index contributed by atoms with van der Waals surface area (Å²) in [5.74, 6) is 0.333. The number of ether oxygens (including phenoxy) is 2. The molecule has 2 aliphatic heterocycles. The molecule has 2 N–H and O–H groups in total. The molecule has 2 bridgehead atoms. The Balaban J connectivity index is 1.42. The number of rotatable bonds is 2. The molecule has 2 aromatic rings. The number of methoxy groups -OCH3 is 1. The SMILES string of the molecule is CC[C@H]1[C@H](OC)C/C=C/[C@H](O)[C@@H]2CC[C@H]2CN2C[C@@]3(CCCc4cc(Cl)ccc43)COc3ccc(cc32)C(=O)NS1(=O)=O. The zero-order valence-electron chi connectivity index (χ0n) is 24.8. The number of fused-ring (bicyclic) bond motifs is 4. The molecule has 2 aliphatic carbocycles. The van der Waals surface area contributed by atoms with Crippen LogP contribution in [-0.2, 0) is 26.6 Å². The second kappa shape index (κ2) is 12.1. The van der Waals surface area contributed by atoms with Crippen molar-refractivity contribution in [2.24, 2.45) is 11.8 Å². The van der Waals surface area contributed by atoms with E-state index >= 15 is 0 Å². The number of nitrogens with zero attached hydrogens (tertiary/aromatic N) is 1. The van der Waals surface area contributed by atoms with E-state index in [1.165, 1.54) is 18.2 Å². The highest BCUT2D eigenvalue weighted by molar-refractivity contribution is 7.90. The van der Waals surface area contributed by atoms with E-state index in [-0.39, 0.29) is 29.2 Å². The van der Waals surface area contributed by atoms with Gasteiger partial charge in [0.25, 0.3) is 5.91 Å². The summed E-state index contributed by atoms with van der Waals surface area (Å²) < 4.78 is 41.3. The topological polar surface area (TPSA) is 105 Å². The lowest BCUT2D eigenvalue weighted by Crippen LogP contribution is -2.49. The van der Waals surface area contributed by atoms with Gasteiger partial charge in [0, 0.05) is 36.2 Å². The minimum Gasteiger partial charge on any atom is -0.490 e. The van der Waals surface area contributed by atoms with E-state index in [1.807, 2.05) is 12.1 Å². The number of anilines is 1. The smallest absolute Gasteiger partial charge is 0.264 e. The van der Waals surface area contributed by atoms with Gasteiger partial charge in [-0.15, -0.1) is 0 Å². The maximum atomic E-state index is 13.5. The van der Waals surface area contributed by atoms with Crippen molar-refractivity contribution < 1.29 is 27.8 Å². The molecule has 2 aromatic carbocycles. The highest BCUT2D eigenvalue weighted by Crippen LogP contribution is 2.46. The number of hydrogen-bond donors (Lipinski definition) is 2. The van der Waals surface area contributed by atoms with E-state index in [0.29, 0.717) is 31.9 Å².